The van der Waals surface area contributed by atoms with Crippen LogP contribution in [0, 0.1) is 17.9 Å². The Hall–Kier alpha value is -0.266. The summed E-state index contributed by atoms with van der Waals surface area (Å²) in [6, 6.07) is 5.10. The minimum Gasteiger partial charge on any atom is -0.379 e. The van der Waals surface area contributed by atoms with Crippen LogP contribution in [0.3, 0.4) is 0 Å². The van der Waals surface area contributed by atoms with Gasteiger partial charge in [0.2, 0.25) is 0 Å². The van der Waals surface area contributed by atoms with E-state index >= 15 is 0 Å². The molecular weight excluding hydrogens is 313 g/mol. The van der Waals surface area contributed by atoms with Gasteiger partial charge in [-0.1, -0.05) is 26.0 Å². The van der Waals surface area contributed by atoms with Gasteiger partial charge >= 0.3 is 0 Å². The van der Waals surface area contributed by atoms with Crippen molar-refractivity contribution in [3.8, 4) is 11.8 Å². The molecule has 0 N–H and O–H groups in total. The molecule has 0 unspecified atom stereocenters. The minimum atomic E-state index is 0. The van der Waals surface area contributed by atoms with Crippen LogP contribution in [-0.4, -0.2) is 42.7 Å². The van der Waals surface area contributed by atoms with E-state index in [4.69, 9.17) is 4.74 Å². The molecule has 0 amide bonds. The second-order valence-corrected chi connectivity index (χ2v) is 4.73. The van der Waals surface area contributed by atoms with E-state index in [0.29, 0.717) is 5.92 Å². The van der Waals surface area contributed by atoms with Crippen LogP contribution in [0.25, 0.3) is 0 Å². The summed E-state index contributed by atoms with van der Waals surface area (Å²) in [7, 11) is 0. The average Bonchev–Trinajstić information content (AvgIpc) is 2.40. The summed E-state index contributed by atoms with van der Waals surface area (Å²) in [6.07, 6.45) is 1.86. The zero-order valence-corrected chi connectivity index (χ0v) is 14.5. The molecule has 1 aliphatic heterocycles. The third-order valence-electron chi connectivity index (χ3n) is 2.96. The van der Waals surface area contributed by atoms with Gasteiger partial charge in [-0.15, -0.1) is 17.6 Å². The van der Waals surface area contributed by atoms with Gasteiger partial charge in [-0.3, -0.25) is 4.90 Å². The van der Waals surface area contributed by atoms with Crippen molar-refractivity contribution >= 4 is 0 Å². The Morgan fingerprint density at radius 1 is 1.42 bits per heavy atom. The summed E-state index contributed by atoms with van der Waals surface area (Å²) in [5.41, 5.74) is 1.93. The summed E-state index contributed by atoms with van der Waals surface area (Å²) < 4.78 is 5.29. The van der Waals surface area contributed by atoms with E-state index in [9.17, 15) is 0 Å². The standard InChI is InChI=1S/C15H19N2O.Y/c1-13(2)14-5-6-15(16-12-14)4-3-7-17-8-10-18-11-9-17;/h6,12-13H,7-11H2,1-2H3;/q-1;. The third-order valence-corrected chi connectivity index (χ3v) is 2.96. The molecule has 3 nitrogen and oxygen atoms in total. The van der Waals surface area contributed by atoms with Crippen LogP contribution >= 0.6 is 0 Å². The van der Waals surface area contributed by atoms with Crippen LogP contribution < -0.4 is 0 Å². The van der Waals surface area contributed by atoms with E-state index in [1.165, 1.54) is 0 Å². The first kappa shape index (κ1) is 16.8. The fourth-order valence-corrected chi connectivity index (χ4v) is 1.75. The van der Waals surface area contributed by atoms with E-state index in [0.717, 1.165) is 44.1 Å². The normalized spacial score (nSPS) is 15.5. The summed E-state index contributed by atoms with van der Waals surface area (Å²) in [5.74, 6) is 6.71. The van der Waals surface area contributed by atoms with E-state index in [1.54, 1.807) is 0 Å². The molecule has 1 radical (unpaired) electrons. The molecule has 4 heteroatoms. The summed E-state index contributed by atoms with van der Waals surface area (Å²) >= 11 is 0. The van der Waals surface area contributed by atoms with Gasteiger partial charge in [-0.25, -0.2) is 0 Å². The van der Waals surface area contributed by atoms with Crippen LogP contribution in [-0.2, 0) is 37.4 Å². The van der Waals surface area contributed by atoms with E-state index < -0.39 is 0 Å². The first-order valence-corrected chi connectivity index (χ1v) is 6.42. The molecule has 0 spiro atoms. The second kappa shape index (κ2) is 8.82. The Morgan fingerprint density at radius 2 is 2.16 bits per heavy atom. The number of hydrogen-bond acceptors (Lipinski definition) is 3. The topological polar surface area (TPSA) is 25.4 Å². The number of morpholine rings is 1. The number of aromatic nitrogens is 1. The van der Waals surface area contributed by atoms with Crippen molar-refractivity contribution in [2.75, 3.05) is 32.8 Å². The largest absolute Gasteiger partial charge is 0.379 e. The molecule has 0 aliphatic carbocycles. The quantitative estimate of drug-likeness (QED) is 0.609. The van der Waals surface area contributed by atoms with Gasteiger partial charge in [-0.05, 0) is 11.6 Å². The van der Waals surface area contributed by atoms with E-state index in [2.05, 4.69) is 41.6 Å². The van der Waals surface area contributed by atoms with Crippen molar-refractivity contribution in [1.29, 1.82) is 0 Å². The Bertz CT molecular complexity index is 428. The number of nitrogens with zero attached hydrogens (tertiary/aromatic N) is 2. The van der Waals surface area contributed by atoms with Crippen molar-refractivity contribution in [2.24, 2.45) is 0 Å². The molecule has 2 rings (SSSR count). The zero-order valence-electron chi connectivity index (χ0n) is 11.6. The number of ether oxygens (including phenoxy) is 1. The van der Waals surface area contributed by atoms with Crippen molar-refractivity contribution in [3.63, 3.8) is 0 Å². The molecule has 0 saturated carbocycles. The van der Waals surface area contributed by atoms with Gasteiger partial charge in [0.25, 0.3) is 0 Å². The number of hydrogen-bond donors (Lipinski definition) is 0. The van der Waals surface area contributed by atoms with Gasteiger partial charge in [0.15, 0.2) is 0 Å². The summed E-state index contributed by atoms with van der Waals surface area (Å²) in [5, 5.41) is 0. The average molecular weight is 332 g/mol. The predicted molar refractivity (Wildman–Crippen MR) is 71.3 cm³/mol. The fraction of sp³-hybridized carbons (Fsp3) is 0.533. The van der Waals surface area contributed by atoms with Crippen molar-refractivity contribution < 1.29 is 37.4 Å². The summed E-state index contributed by atoms with van der Waals surface area (Å²) in [6.45, 7) is 8.64. The third kappa shape index (κ3) is 5.71. The molecule has 0 atom stereocenters. The molecule has 19 heavy (non-hydrogen) atoms. The van der Waals surface area contributed by atoms with Crippen LogP contribution in [0.15, 0.2) is 12.3 Å². The molecule has 99 valence electrons. The van der Waals surface area contributed by atoms with Crippen molar-refractivity contribution in [3.05, 3.63) is 29.6 Å². The molecule has 1 fully saturated rings. The maximum Gasteiger partial charge on any atom is 0.0596 e. The Balaban J connectivity index is 0.00000180. The van der Waals surface area contributed by atoms with Gasteiger partial charge in [0, 0.05) is 45.8 Å². The Morgan fingerprint density at radius 3 is 2.74 bits per heavy atom. The predicted octanol–water partition coefficient (Wildman–Crippen LogP) is 1.69. The van der Waals surface area contributed by atoms with Crippen LogP contribution in [0.5, 0.6) is 0 Å². The molecular formula is C15H19N2OY-. The maximum atomic E-state index is 5.29. The summed E-state index contributed by atoms with van der Waals surface area (Å²) in [4.78, 5) is 6.63. The fourth-order valence-electron chi connectivity index (χ4n) is 1.75. The zero-order chi connectivity index (χ0) is 12.8. The molecule has 2 heterocycles. The first-order valence-electron chi connectivity index (χ1n) is 6.42. The van der Waals surface area contributed by atoms with Gasteiger partial charge in [0.05, 0.1) is 19.8 Å². The molecule has 1 aromatic heterocycles. The molecule has 1 aliphatic rings. The van der Waals surface area contributed by atoms with Gasteiger partial charge < -0.3 is 9.72 Å². The van der Waals surface area contributed by atoms with Crippen LogP contribution in [0.1, 0.15) is 31.0 Å². The SMILES string of the molecule is CC(C)c1[c-]cc(C#CCN2CCOCC2)nc1.[Y]. The number of pyridine rings is 1. The van der Waals surface area contributed by atoms with Gasteiger partial charge in [-0.2, -0.15) is 6.07 Å². The second-order valence-electron chi connectivity index (χ2n) is 4.73. The van der Waals surface area contributed by atoms with Crippen molar-refractivity contribution in [2.45, 2.75) is 19.8 Å². The molecule has 0 bridgehead atoms. The van der Waals surface area contributed by atoms with Gasteiger partial charge in [0.1, 0.15) is 0 Å². The molecule has 1 saturated heterocycles. The van der Waals surface area contributed by atoms with E-state index in [-0.39, 0.29) is 32.7 Å². The minimum absolute atomic E-state index is 0. The Labute approximate surface area is 141 Å². The Kier molecular flexibility index (Phi) is 7.79. The maximum absolute atomic E-state index is 5.29. The molecule has 1 aromatic rings. The monoisotopic (exact) mass is 332 g/mol. The molecule has 0 aromatic carbocycles. The van der Waals surface area contributed by atoms with Crippen LogP contribution in [0.4, 0.5) is 0 Å². The van der Waals surface area contributed by atoms with E-state index in [1.807, 2.05) is 12.3 Å². The van der Waals surface area contributed by atoms with Crippen molar-refractivity contribution in [1.82, 2.24) is 9.88 Å². The van der Waals surface area contributed by atoms with Crippen LogP contribution in [0.2, 0.25) is 0 Å². The smallest absolute Gasteiger partial charge is 0.0596 e. The first-order chi connectivity index (χ1) is 8.75. The number of rotatable bonds is 2.